The van der Waals surface area contributed by atoms with E-state index < -0.39 is 0 Å². The molecule has 4 nitrogen and oxygen atoms in total. The predicted octanol–water partition coefficient (Wildman–Crippen LogP) is 2.39. The highest BCUT2D eigenvalue weighted by Crippen LogP contribution is 2.38. The molecule has 0 radical (unpaired) electrons. The average molecular weight is 325 g/mol. The zero-order valence-corrected chi connectivity index (χ0v) is 12.1. The van der Waals surface area contributed by atoms with Crippen LogP contribution in [0, 0.1) is 0 Å². The molecule has 94 valence electrons. The predicted molar refractivity (Wildman–Crippen MR) is 80.7 cm³/mol. The Bertz CT molecular complexity index is 602. The molecule has 4 N–H and O–H groups in total. The maximum atomic E-state index is 5.37. The van der Waals surface area contributed by atoms with Crippen molar-refractivity contribution in [1.29, 1.82) is 0 Å². The molecule has 0 atom stereocenters. The Kier molecular flexibility index (Phi) is 3.68. The summed E-state index contributed by atoms with van der Waals surface area (Å²) in [5.74, 6) is 0.0596. The largest absolute Gasteiger partial charge is 0.370 e. The van der Waals surface area contributed by atoms with E-state index in [1.165, 1.54) is 16.0 Å². The van der Waals surface area contributed by atoms with Crippen molar-refractivity contribution in [2.24, 2.45) is 16.5 Å². The minimum absolute atomic E-state index is 0. The van der Waals surface area contributed by atoms with Crippen LogP contribution in [0.25, 0.3) is 11.3 Å². The normalized spacial score (nSPS) is 12.0. The van der Waals surface area contributed by atoms with Gasteiger partial charge in [-0.1, -0.05) is 35.6 Å². The molecular formula is C12H13BrN4S. The van der Waals surface area contributed by atoms with Crippen LogP contribution < -0.4 is 11.5 Å². The van der Waals surface area contributed by atoms with Gasteiger partial charge >= 0.3 is 0 Å². The van der Waals surface area contributed by atoms with Gasteiger partial charge in [-0.25, -0.2) is 4.98 Å². The summed E-state index contributed by atoms with van der Waals surface area (Å²) in [6, 6.07) is 8.35. The Morgan fingerprint density at radius 2 is 2.00 bits per heavy atom. The number of rotatable bonds is 1. The quantitative estimate of drug-likeness (QED) is 0.624. The van der Waals surface area contributed by atoms with Crippen LogP contribution >= 0.6 is 28.3 Å². The number of thiazole rings is 1. The minimum Gasteiger partial charge on any atom is -0.370 e. The lowest BCUT2D eigenvalue weighted by Gasteiger charge is -2.13. The fraction of sp³-hybridized carbons (Fsp3) is 0.167. The summed E-state index contributed by atoms with van der Waals surface area (Å²) in [4.78, 5) is 9.79. The van der Waals surface area contributed by atoms with Crippen molar-refractivity contribution in [3.8, 4) is 11.3 Å². The molecule has 1 aliphatic carbocycles. The third kappa shape index (κ3) is 2.26. The molecule has 1 aromatic heterocycles. The molecule has 0 amide bonds. The minimum atomic E-state index is 0. The molecule has 0 unspecified atom stereocenters. The summed E-state index contributed by atoms with van der Waals surface area (Å²) in [7, 11) is 0. The van der Waals surface area contributed by atoms with Crippen LogP contribution in [0.1, 0.15) is 10.4 Å². The second-order valence-electron chi connectivity index (χ2n) is 3.96. The first-order chi connectivity index (χ1) is 8.24. The molecular weight excluding hydrogens is 312 g/mol. The van der Waals surface area contributed by atoms with Gasteiger partial charge in [-0.2, -0.15) is 4.99 Å². The van der Waals surface area contributed by atoms with Crippen LogP contribution in [-0.4, -0.2) is 10.9 Å². The number of nitrogens with two attached hydrogens (primary N) is 2. The monoisotopic (exact) mass is 324 g/mol. The van der Waals surface area contributed by atoms with Crippen molar-refractivity contribution in [3.05, 3.63) is 34.7 Å². The Balaban J connectivity index is 0.00000120. The van der Waals surface area contributed by atoms with Gasteiger partial charge in [0.05, 0.1) is 5.69 Å². The second-order valence-corrected chi connectivity index (χ2v) is 5.02. The number of guanidine groups is 1. The van der Waals surface area contributed by atoms with E-state index >= 15 is 0 Å². The number of aryl methyl sites for hydroxylation is 2. The molecule has 0 spiro atoms. The highest BCUT2D eigenvalue weighted by molar-refractivity contribution is 8.93. The van der Waals surface area contributed by atoms with Crippen LogP contribution in [0.2, 0.25) is 0 Å². The van der Waals surface area contributed by atoms with Gasteiger partial charge in [0.25, 0.3) is 0 Å². The third-order valence-electron chi connectivity index (χ3n) is 2.80. The summed E-state index contributed by atoms with van der Waals surface area (Å²) in [6.45, 7) is 0. The molecule has 3 rings (SSSR count). The Hall–Kier alpha value is -1.40. The first-order valence-corrected chi connectivity index (χ1v) is 6.23. The van der Waals surface area contributed by atoms with Crippen LogP contribution in [0.15, 0.2) is 29.3 Å². The standard InChI is InChI=1S/C12H12N4S.BrH/c13-11(14)16-12-15-10-8-4-2-1-3-7(8)5-6-9(10)17-12;/h1-4H,5-6H2,(H4,13,14,15,16);1H. The number of halogens is 1. The lowest BCUT2D eigenvalue weighted by molar-refractivity contribution is 0.955. The topological polar surface area (TPSA) is 77.3 Å². The number of fused-ring (bicyclic) bond motifs is 3. The summed E-state index contributed by atoms with van der Waals surface area (Å²) >= 11 is 1.57. The third-order valence-corrected chi connectivity index (χ3v) is 3.81. The van der Waals surface area contributed by atoms with Gasteiger partial charge in [0.1, 0.15) is 0 Å². The average Bonchev–Trinajstić information content (AvgIpc) is 2.70. The van der Waals surface area contributed by atoms with Crippen LogP contribution in [0.5, 0.6) is 0 Å². The van der Waals surface area contributed by atoms with E-state index in [-0.39, 0.29) is 22.9 Å². The van der Waals surface area contributed by atoms with Gasteiger partial charge in [-0.3, -0.25) is 0 Å². The van der Waals surface area contributed by atoms with Gasteiger partial charge in [0, 0.05) is 10.4 Å². The fourth-order valence-electron chi connectivity index (χ4n) is 2.09. The van der Waals surface area contributed by atoms with Crippen molar-refractivity contribution in [2.45, 2.75) is 12.8 Å². The van der Waals surface area contributed by atoms with Gasteiger partial charge in [-0.15, -0.1) is 17.0 Å². The molecule has 1 aromatic carbocycles. The zero-order chi connectivity index (χ0) is 11.8. The molecule has 6 heteroatoms. The van der Waals surface area contributed by atoms with E-state index in [0.717, 1.165) is 18.5 Å². The number of nitrogens with zero attached hydrogens (tertiary/aromatic N) is 2. The van der Waals surface area contributed by atoms with E-state index in [2.05, 4.69) is 28.2 Å². The number of aromatic nitrogens is 1. The van der Waals surface area contributed by atoms with Crippen molar-refractivity contribution < 1.29 is 0 Å². The number of benzene rings is 1. The second kappa shape index (κ2) is 5.07. The van der Waals surface area contributed by atoms with E-state index in [1.54, 1.807) is 11.3 Å². The van der Waals surface area contributed by atoms with Crippen molar-refractivity contribution >= 4 is 39.4 Å². The van der Waals surface area contributed by atoms with Gasteiger partial charge in [0.15, 0.2) is 5.96 Å². The first kappa shape index (κ1) is 13.0. The van der Waals surface area contributed by atoms with Crippen molar-refractivity contribution in [2.75, 3.05) is 0 Å². The highest BCUT2D eigenvalue weighted by atomic mass is 79.9. The van der Waals surface area contributed by atoms with E-state index in [4.69, 9.17) is 11.5 Å². The lowest BCUT2D eigenvalue weighted by atomic mass is 9.94. The van der Waals surface area contributed by atoms with Gasteiger partial charge < -0.3 is 11.5 Å². The zero-order valence-electron chi connectivity index (χ0n) is 9.59. The van der Waals surface area contributed by atoms with E-state index in [1.807, 2.05) is 6.07 Å². The maximum absolute atomic E-state index is 5.37. The van der Waals surface area contributed by atoms with Crippen molar-refractivity contribution in [1.82, 2.24) is 4.98 Å². The van der Waals surface area contributed by atoms with Gasteiger partial charge in [0.2, 0.25) is 5.13 Å². The maximum Gasteiger partial charge on any atom is 0.213 e. The molecule has 2 aromatic rings. The molecule has 0 fully saturated rings. The molecule has 0 aliphatic heterocycles. The molecule has 0 saturated heterocycles. The van der Waals surface area contributed by atoms with Crippen molar-refractivity contribution in [3.63, 3.8) is 0 Å². The molecule has 1 heterocycles. The fourth-order valence-corrected chi connectivity index (χ4v) is 3.06. The Morgan fingerprint density at radius 1 is 1.22 bits per heavy atom. The summed E-state index contributed by atoms with van der Waals surface area (Å²) in [5.41, 5.74) is 14.3. The SMILES string of the molecule is Br.NC(N)=Nc1nc2c(s1)CCc1ccccc1-2. The van der Waals surface area contributed by atoms with Gasteiger partial charge in [-0.05, 0) is 18.4 Å². The smallest absolute Gasteiger partial charge is 0.213 e. The molecule has 1 aliphatic rings. The van der Waals surface area contributed by atoms with E-state index in [9.17, 15) is 0 Å². The number of aliphatic imine (C=N–C) groups is 1. The summed E-state index contributed by atoms with van der Waals surface area (Å²) < 4.78 is 0. The Labute approximate surface area is 120 Å². The molecule has 18 heavy (non-hydrogen) atoms. The first-order valence-electron chi connectivity index (χ1n) is 5.41. The summed E-state index contributed by atoms with van der Waals surface area (Å²) in [6.07, 6.45) is 2.08. The molecule has 0 saturated carbocycles. The lowest BCUT2D eigenvalue weighted by Crippen LogP contribution is -2.21. The number of hydrogen-bond donors (Lipinski definition) is 2. The Morgan fingerprint density at radius 3 is 2.78 bits per heavy atom. The van der Waals surface area contributed by atoms with Crippen LogP contribution in [0.3, 0.4) is 0 Å². The van der Waals surface area contributed by atoms with E-state index in [0.29, 0.717) is 5.13 Å². The van der Waals surface area contributed by atoms with Crippen LogP contribution in [0.4, 0.5) is 5.13 Å². The van der Waals surface area contributed by atoms with Crippen LogP contribution in [-0.2, 0) is 12.8 Å². The molecule has 0 bridgehead atoms. The number of hydrogen-bond acceptors (Lipinski definition) is 3. The summed E-state index contributed by atoms with van der Waals surface area (Å²) in [5, 5.41) is 0.645. The highest BCUT2D eigenvalue weighted by Gasteiger charge is 2.20.